The second-order valence-corrected chi connectivity index (χ2v) is 5.42. The molecule has 1 aromatic heterocycles. The molecule has 0 radical (unpaired) electrons. The molecule has 0 saturated carbocycles. The molecular weight excluding hydrogens is 216 g/mol. The Kier molecular flexibility index (Phi) is 4.13. The first-order valence-electron chi connectivity index (χ1n) is 3.08. The lowest BCUT2D eigenvalue weighted by Crippen LogP contribution is -1.71. The lowest BCUT2D eigenvalue weighted by Gasteiger charge is -1.91. The summed E-state index contributed by atoms with van der Waals surface area (Å²) in [6.07, 6.45) is 4.18. The molecule has 11 heavy (non-hydrogen) atoms. The highest BCUT2D eigenvalue weighted by Crippen LogP contribution is 2.35. The van der Waals surface area contributed by atoms with Gasteiger partial charge < -0.3 is 0 Å². The zero-order valence-electron chi connectivity index (χ0n) is 6.39. The zero-order valence-corrected chi connectivity index (χ0v) is 9.59. The maximum atomic E-state index is 5.77. The molecule has 0 saturated heterocycles. The molecule has 4 heteroatoms. The Hall–Kier alpha value is 0.690. The monoisotopic (exact) mass is 224 g/mol. The fraction of sp³-hybridized carbons (Fsp3) is 0.429. The number of thiophene rings is 1. The summed E-state index contributed by atoms with van der Waals surface area (Å²) in [7, 11) is 0. The third-order valence-corrected chi connectivity index (χ3v) is 4.99. The third-order valence-electron chi connectivity index (χ3n) is 1.28. The Bertz CT molecular complexity index is 210. The van der Waals surface area contributed by atoms with Gasteiger partial charge in [-0.3, -0.25) is 0 Å². The Labute approximate surface area is 84.7 Å². The lowest BCUT2D eigenvalue weighted by molar-refractivity contribution is 1.35. The molecule has 0 aliphatic heterocycles. The maximum Gasteiger partial charge on any atom is 0.0652 e. The SMILES string of the molecule is CSc1cc(CCl)c(SC)s1. The highest BCUT2D eigenvalue weighted by atomic mass is 35.5. The summed E-state index contributed by atoms with van der Waals surface area (Å²) in [6.45, 7) is 0. The molecule has 1 aromatic rings. The highest BCUT2D eigenvalue weighted by Gasteiger charge is 2.05. The van der Waals surface area contributed by atoms with Crippen LogP contribution in [-0.2, 0) is 5.88 Å². The van der Waals surface area contributed by atoms with Crippen molar-refractivity contribution in [3.8, 4) is 0 Å². The van der Waals surface area contributed by atoms with Crippen molar-refractivity contribution in [1.29, 1.82) is 0 Å². The summed E-state index contributed by atoms with van der Waals surface area (Å²) in [4.78, 5) is 0. The highest BCUT2D eigenvalue weighted by molar-refractivity contribution is 8.02. The third kappa shape index (κ3) is 2.31. The number of alkyl halides is 1. The summed E-state index contributed by atoms with van der Waals surface area (Å²) in [6, 6.07) is 2.17. The Balaban J connectivity index is 2.92. The van der Waals surface area contributed by atoms with Crippen LogP contribution in [0.1, 0.15) is 5.56 Å². The average Bonchev–Trinajstić information content (AvgIpc) is 2.46. The molecule has 1 heterocycles. The topological polar surface area (TPSA) is 0 Å². The molecule has 0 unspecified atom stereocenters. The van der Waals surface area contributed by atoms with Crippen molar-refractivity contribution in [2.24, 2.45) is 0 Å². The van der Waals surface area contributed by atoms with Gasteiger partial charge in [0.1, 0.15) is 0 Å². The van der Waals surface area contributed by atoms with E-state index in [9.17, 15) is 0 Å². The van der Waals surface area contributed by atoms with E-state index in [4.69, 9.17) is 11.6 Å². The van der Waals surface area contributed by atoms with Crippen molar-refractivity contribution >= 4 is 46.5 Å². The first kappa shape index (κ1) is 9.78. The Morgan fingerprint density at radius 1 is 1.45 bits per heavy atom. The first-order valence-corrected chi connectivity index (χ1v) is 6.88. The van der Waals surface area contributed by atoms with E-state index in [0.29, 0.717) is 5.88 Å². The van der Waals surface area contributed by atoms with Crippen LogP contribution in [0.5, 0.6) is 0 Å². The van der Waals surface area contributed by atoms with Crippen molar-refractivity contribution in [1.82, 2.24) is 0 Å². The van der Waals surface area contributed by atoms with Gasteiger partial charge in [0, 0.05) is 5.88 Å². The molecule has 0 nitrogen and oxygen atoms in total. The van der Waals surface area contributed by atoms with Gasteiger partial charge in [-0.1, -0.05) is 0 Å². The summed E-state index contributed by atoms with van der Waals surface area (Å²) in [5, 5.41) is 0. The second-order valence-electron chi connectivity index (χ2n) is 1.92. The van der Waals surface area contributed by atoms with Gasteiger partial charge in [-0.2, -0.15) is 0 Å². The minimum atomic E-state index is 0.632. The van der Waals surface area contributed by atoms with E-state index in [-0.39, 0.29) is 0 Å². The molecular formula is C7H9ClS3. The fourth-order valence-electron chi connectivity index (χ4n) is 0.754. The Morgan fingerprint density at radius 2 is 2.18 bits per heavy atom. The van der Waals surface area contributed by atoms with Crippen LogP contribution in [0, 0.1) is 0 Å². The van der Waals surface area contributed by atoms with Crippen molar-refractivity contribution < 1.29 is 0 Å². The molecule has 0 aromatic carbocycles. The van der Waals surface area contributed by atoms with Crippen LogP contribution in [0.3, 0.4) is 0 Å². The van der Waals surface area contributed by atoms with E-state index >= 15 is 0 Å². The lowest BCUT2D eigenvalue weighted by atomic mass is 10.4. The second kappa shape index (κ2) is 4.65. The molecule has 0 fully saturated rings. The maximum absolute atomic E-state index is 5.77. The quantitative estimate of drug-likeness (QED) is 0.564. The van der Waals surface area contributed by atoms with Crippen LogP contribution in [0.4, 0.5) is 0 Å². The van der Waals surface area contributed by atoms with Gasteiger partial charge in [-0.25, -0.2) is 0 Å². The van der Waals surface area contributed by atoms with E-state index in [2.05, 4.69) is 18.6 Å². The smallest absolute Gasteiger partial charge is 0.0652 e. The summed E-state index contributed by atoms with van der Waals surface area (Å²) in [5.74, 6) is 0.632. The molecule has 0 amide bonds. The van der Waals surface area contributed by atoms with Gasteiger partial charge in [0.15, 0.2) is 0 Å². The van der Waals surface area contributed by atoms with Crippen LogP contribution in [0.25, 0.3) is 0 Å². The molecule has 0 atom stereocenters. The van der Waals surface area contributed by atoms with Crippen molar-refractivity contribution in [3.05, 3.63) is 11.6 Å². The van der Waals surface area contributed by atoms with Crippen LogP contribution in [0.2, 0.25) is 0 Å². The summed E-state index contributed by atoms with van der Waals surface area (Å²) >= 11 is 11.1. The summed E-state index contributed by atoms with van der Waals surface area (Å²) in [5.41, 5.74) is 1.27. The molecule has 0 bridgehead atoms. The number of halogens is 1. The number of rotatable bonds is 3. The van der Waals surface area contributed by atoms with E-state index in [1.165, 1.54) is 14.0 Å². The van der Waals surface area contributed by atoms with Gasteiger partial charge in [0.2, 0.25) is 0 Å². The van der Waals surface area contributed by atoms with Gasteiger partial charge in [-0.15, -0.1) is 46.5 Å². The van der Waals surface area contributed by atoms with E-state index in [1.807, 2.05) is 11.3 Å². The zero-order chi connectivity index (χ0) is 8.27. The largest absolute Gasteiger partial charge is 0.122 e. The normalized spacial score (nSPS) is 10.5. The van der Waals surface area contributed by atoms with Crippen LogP contribution in [0.15, 0.2) is 14.5 Å². The van der Waals surface area contributed by atoms with Gasteiger partial charge >= 0.3 is 0 Å². The standard InChI is InChI=1S/C7H9ClS3/c1-9-6-3-5(4-8)7(10-2)11-6/h3H,4H2,1-2H3. The predicted molar refractivity (Wildman–Crippen MR) is 57.4 cm³/mol. The number of hydrogen-bond acceptors (Lipinski definition) is 3. The summed E-state index contributed by atoms with van der Waals surface area (Å²) < 4.78 is 2.70. The number of hydrogen-bond donors (Lipinski definition) is 0. The fourth-order valence-corrected chi connectivity index (χ4v) is 3.77. The van der Waals surface area contributed by atoms with Crippen LogP contribution < -0.4 is 0 Å². The molecule has 0 aliphatic carbocycles. The first-order chi connectivity index (χ1) is 5.31. The minimum Gasteiger partial charge on any atom is -0.122 e. The van der Waals surface area contributed by atoms with Crippen molar-refractivity contribution in [3.63, 3.8) is 0 Å². The van der Waals surface area contributed by atoms with E-state index in [1.54, 1.807) is 23.5 Å². The van der Waals surface area contributed by atoms with Crippen LogP contribution >= 0.6 is 46.5 Å². The molecule has 0 aliphatic rings. The molecule has 0 spiro atoms. The number of thioether (sulfide) groups is 2. The van der Waals surface area contributed by atoms with Crippen molar-refractivity contribution in [2.75, 3.05) is 12.5 Å². The van der Waals surface area contributed by atoms with E-state index < -0.39 is 0 Å². The average molecular weight is 225 g/mol. The molecule has 1 rings (SSSR count). The predicted octanol–water partition coefficient (Wildman–Crippen LogP) is 3.93. The molecule has 0 N–H and O–H groups in total. The van der Waals surface area contributed by atoms with Gasteiger partial charge in [0.25, 0.3) is 0 Å². The van der Waals surface area contributed by atoms with E-state index in [0.717, 1.165) is 0 Å². The minimum absolute atomic E-state index is 0.632. The van der Waals surface area contributed by atoms with Crippen molar-refractivity contribution in [2.45, 2.75) is 14.3 Å². The van der Waals surface area contributed by atoms with Gasteiger partial charge in [0.05, 0.1) is 8.42 Å². The Morgan fingerprint density at radius 3 is 2.55 bits per heavy atom. The van der Waals surface area contributed by atoms with Gasteiger partial charge in [-0.05, 0) is 24.1 Å². The molecule has 62 valence electrons. The van der Waals surface area contributed by atoms with Crippen LogP contribution in [-0.4, -0.2) is 12.5 Å².